The zero-order chi connectivity index (χ0) is 26.5. The van der Waals surface area contributed by atoms with Crippen LogP contribution in [-0.4, -0.2) is 57.7 Å². The molecule has 2 heterocycles. The van der Waals surface area contributed by atoms with E-state index in [1.54, 1.807) is 21.1 Å². The Hall–Kier alpha value is -1.30. The number of nitrogens with one attached hydrogen (secondary N) is 1. The van der Waals surface area contributed by atoms with Gasteiger partial charge in [-0.15, -0.1) is 0 Å². The fourth-order valence-electron chi connectivity index (χ4n) is 5.80. The highest BCUT2D eigenvalue weighted by molar-refractivity contribution is 6.35. The second kappa shape index (κ2) is 16.5. The molecule has 1 aromatic rings. The van der Waals surface area contributed by atoms with Crippen LogP contribution in [0.15, 0.2) is 6.07 Å². The van der Waals surface area contributed by atoms with Crippen molar-refractivity contribution in [3.05, 3.63) is 22.2 Å². The fourth-order valence-corrected chi connectivity index (χ4v) is 6.10. The minimum Gasteiger partial charge on any atom is -0.492 e. The molecule has 5 nitrogen and oxygen atoms in total. The van der Waals surface area contributed by atoms with Crippen LogP contribution < -0.4 is 10.1 Å². The van der Waals surface area contributed by atoms with E-state index < -0.39 is 0 Å². The molecule has 1 fully saturated rings. The maximum atomic E-state index is 11.8. The summed E-state index contributed by atoms with van der Waals surface area (Å²) in [6.45, 7) is 13.9. The average Bonchev–Trinajstić information content (AvgIpc) is 2.90. The maximum absolute atomic E-state index is 11.8. The molecule has 1 unspecified atom stereocenters. The summed E-state index contributed by atoms with van der Waals surface area (Å²) in [5.74, 6) is 3.06. The number of likely N-dealkylation sites (tertiary alicyclic amines) is 1. The van der Waals surface area contributed by atoms with Crippen molar-refractivity contribution in [3.63, 3.8) is 0 Å². The molecule has 3 atom stereocenters. The summed E-state index contributed by atoms with van der Waals surface area (Å²) in [6.07, 6.45) is 11.5. The number of methoxy groups -OCH3 is 1. The maximum Gasteiger partial charge on any atom is 0.160 e. The number of anilines is 1. The van der Waals surface area contributed by atoms with Crippen LogP contribution in [0.25, 0.3) is 0 Å². The van der Waals surface area contributed by atoms with Gasteiger partial charge in [0.1, 0.15) is 10.8 Å². The van der Waals surface area contributed by atoms with Crippen molar-refractivity contribution in [3.8, 4) is 5.75 Å². The molecule has 2 aliphatic heterocycles. The number of ketones is 1. The molecule has 3 rings (SSSR count). The van der Waals surface area contributed by atoms with E-state index in [1.807, 2.05) is 6.07 Å². The summed E-state index contributed by atoms with van der Waals surface area (Å²) in [4.78, 5) is 14.5. The SMILES string of the molecule is CCC1CCOc2c(Cl)c(NC)cc(C(C)=O)c21.CCCC[C@@H]1CN(CCCCOC)CC[C@H]1CC. The molecular weight excluding hydrogens is 472 g/mol. The molecule has 0 bridgehead atoms. The Labute approximate surface area is 225 Å². The number of carbonyl (C=O) groups is 1. The highest BCUT2D eigenvalue weighted by atomic mass is 35.5. The topological polar surface area (TPSA) is 50.8 Å². The third-order valence-corrected chi connectivity index (χ3v) is 8.40. The van der Waals surface area contributed by atoms with E-state index in [1.165, 1.54) is 64.6 Å². The van der Waals surface area contributed by atoms with E-state index in [9.17, 15) is 4.79 Å². The fraction of sp³-hybridized carbons (Fsp3) is 0.767. The lowest BCUT2D eigenvalue weighted by Gasteiger charge is -2.38. The largest absolute Gasteiger partial charge is 0.492 e. The van der Waals surface area contributed by atoms with Crippen LogP contribution in [0.5, 0.6) is 5.75 Å². The van der Waals surface area contributed by atoms with Crippen molar-refractivity contribution in [1.82, 2.24) is 4.90 Å². The highest BCUT2D eigenvalue weighted by Crippen LogP contribution is 2.46. The smallest absolute Gasteiger partial charge is 0.160 e. The number of unbranched alkanes of at least 4 members (excludes halogenated alkanes) is 2. The molecule has 2 aliphatic rings. The number of nitrogens with zero attached hydrogens (tertiary/aromatic N) is 1. The van der Waals surface area contributed by atoms with Crippen LogP contribution in [0.3, 0.4) is 0 Å². The van der Waals surface area contributed by atoms with Gasteiger partial charge >= 0.3 is 0 Å². The first-order valence-corrected chi connectivity index (χ1v) is 14.7. The number of Topliss-reactive ketones (excluding diaryl/α,β-unsaturated/α-hetero) is 1. The lowest BCUT2D eigenvalue weighted by Crippen LogP contribution is -2.40. The van der Waals surface area contributed by atoms with Crippen LogP contribution in [0.1, 0.15) is 107 Å². The summed E-state index contributed by atoms with van der Waals surface area (Å²) in [5.41, 5.74) is 2.46. The van der Waals surface area contributed by atoms with E-state index in [4.69, 9.17) is 21.1 Å². The van der Waals surface area contributed by atoms with Crippen LogP contribution in [0.4, 0.5) is 5.69 Å². The number of halogens is 1. The molecule has 1 aromatic carbocycles. The first kappa shape index (κ1) is 30.9. The number of ether oxygens (including phenoxy) is 2. The Morgan fingerprint density at radius 1 is 1.17 bits per heavy atom. The van der Waals surface area contributed by atoms with Crippen molar-refractivity contribution < 1.29 is 14.3 Å². The van der Waals surface area contributed by atoms with Gasteiger partial charge in [0.2, 0.25) is 0 Å². The van der Waals surface area contributed by atoms with Gasteiger partial charge in [-0.25, -0.2) is 0 Å². The molecular formula is C30H51ClN2O3. The lowest BCUT2D eigenvalue weighted by atomic mass is 9.80. The normalized spacial score (nSPS) is 21.7. The molecule has 0 saturated carbocycles. The van der Waals surface area contributed by atoms with Gasteiger partial charge in [0.05, 0.1) is 12.3 Å². The van der Waals surface area contributed by atoms with Crippen molar-refractivity contribution in [2.75, 3.05) is 52.3 Å². The van der Waals surface area contributed by atoms with Crippen LogP contribution in [0.2, 0.25) is 5.02 Å². The quantitative estimate of drug-likeness (QED) is 0.224. The molecule has 206 valence electrons. The van der Waals surface area contributed by atoms with Crippen molar-refractivity contribution >= 4 is 23.1 Å². The molecule has 0 amide bonds. The molecule has 0 aromatic heterocycles. The predicted molar refractivity (Wildman–Crippen MR) is 153 cm³/mol. The lowest BCUT2D eigenvalue weighted by molar-refractivity contribution is 0.101. The number of rotatable bonds is 12. The molecule has 0 aliphatic carbocycles. The molecule has 1 saturated heterocycles. The molecule has 0 radical (unpaired) electrons. The van der Waals surface area contributed by atoms with Gasteiger partial charge in [0.25, 0.3) is 0 Å². The minimum absolute atomic E-state index is 0.0587. The summed E-state index contributed by atoms with van der Waals surface area (Å²) in [7, 11) is 3.59. The van der Waals surface area contributed by atoms with Crippen molar-refractivity contribution in [1.29, 1.82) is 0 Å². The number of carbonyl (C=O) groups excluding carboxylic acids is 1. The zero-order valence-corrected chi connectivity index (χ0v) is 24.5. The van der Waals surface area contributed by atoms with Gasteiger partial charge < -0.3 is 19.7 Å². The average molecular weight is 523 g/mol. The predicted octanol–water partition coefficient (Wildman–Crippen LogP) is 7.81. The third kappa shape index (κ3) is 8.63. The van der Waals surface area contributed by atoms with Crippen LogP contribution >= 0.6 is 11.6 Å². The zero-order valence-electron chi connectivity index (χ0n) is 23.8. The van der Waals surface area contributed by atoms with E-state index in [-0.39, 0.29) is 5.78 Å². The van der Waals surface area contributed by atoms with E-state index in [0.29, 0.717) is 23.3 Å². The van der Waals surface area contributed by atoms with Gasteiger partial charge in [-0.3, -0.25) is 4.79 Å². The summed E-state index contributed by atoms with van der Waals surface area (Å²) < 4.78 is 10.8. The first-order chi connectivity index (χ1) is 17.4. The number of benzene rings is 1. The number of hydrogen-bond acceptors (Lipinski definition) is 5. The third-order valence-electron chi connectivity index (χ3n) is 8.02. The monoisotopic (exact) mass is 522 g/mol. The summed E-state index contributed by atoms with van der Waals surface area (Å²) in [5, 5.41) is 3.59. The summed E-state index contributed by atoms with van der Waals surface area (Å²) >= 11 is 6.33. The van der Waals surface area contributed by atoms with Crippen molar-refractivity contribution in [2.45, 2.75) is 91.4 Å². The number of fused-ring (bicyclic) bond motifs is 1. The molecule has 0 spiro atoms. The standard InChI is InChI=1S/C16H33NO.C14H18ClNO2/c1-4-6-9-16-14-17(11-7-8-13-18-3)12-10-15(16)5-2;1-4-9-5-6-18-14-12(9)10(8(2)17)7-11(16-3)13(14)15/h15-16H,4-14H2,1-3H3;7,9,16H,4-6H2,1-3H3/t15-,16-;/m1./s1. The van der Waals surface area contributed by atoms with E-state index in [0.717, 1.165) is 48.1 Å². The van der Waals surface area contributed by atoms with Crippen LogP contribution in [0, 0.1) is 11.8 Å². The van der Waals surface area contributed by atoms with Crippen LogP contribution in [-0.2, 0) is 4.74 Å². The minimum atomic E-state index is 0.0587. The Balaban J connectivity index is 0.000000254. The van der Waals surface area contributed by atoms with Gasteiger partial charge in [0, 0.05) is 38.4 Å². The van der Waals surface area contributed by atoms with E-state index >= 15 is 0 Å². The Bertz CT molecular complexity index is 801. The number of piperidine rings is 1. The van der Waals surface area contributed by atoms with E-state index in [2.05, 4.69) is 31.0 Å². The second-order valence-electron chi connectivity index (χ2n) is 10.4. The molecule has 6 heteroatoms. The Morgan fingerprint density at radius 2 is 1.94 bits per heavy atom. The van der Waals surface area contributed by atoms with Gasteiger partial charge in [-0.2, -0.15) is 0 Å². The van der Waals surface area contributed by atoms with Crippen molar-refractivity contribution in [2.24, 2.45) is 11.8 Å². The highest BCUT2D eigenvalue weighted by Gasteiger charge is 2.29. The first-order valence-electron chi connectivity index (χ1n) is 14.3. The van der Waals surface area contributed by atoms with Gasteiger partial charge in [0.15, 0.2) is 5.78 Å². The second-order valence-corrected chi connectivity index (χ2v) is 10.8. The molecule has 36 heavy (non-hydrogen) atoms. The Kier molecular flexibility index (Phi) is 14.2. The van der Waals surface area contributed by atoms with Gasteiger partial charge in [-0.1, -0.05) is 51.6 Å². The Morgan fingerprint density at radius 3 is 2.56 bits per heavy atom. The summed E-state index contributed by atoms with van der Waals surface area (Å²) in [6, 6.07) is 1.83. The molecule has 1 N–H and O–H groups in total. The van der Waals surface area contributed by atoms with Gasteiger partial charge in [-0.05, 0) is 82.4 Å². The number of hydrogen-bond donors (Lipinski definition) is 1.